The van der Waals surface area contributed by atoms with Gasteiger partial charge in [0.2, 0.25) is 0 Å². The Kier molecular flexibility index (Phi) is 6.71. The number of nitrogens with two attached hydrogens (primary N) is 1. The van der Waals surface area contributed by atoms with Gasteiger partial charge in [-0.05, 0) is 75.2 Å². The van der Waals surface area contributed by atoms with Crippen molar-refractivity contribution in [1.82, 2.24) is 4.90 Å². The molecule has 3 nitrogen and oxygen atoms in total. The van der Waals surface area contributed by atoms with Gasteiger partial charge in [0.15, 0.2) is 0 Å². The van der Waals surface area contributed by atoms with Gasteiger partial charge < -0.3 is 15.4 Å². The minimum Gasteiger partial charge on any atom is -0.493 e. The summed E-state index contributed by atoms with van der Waals surface area (Å²) >= 11 is 0. The highest BCUT2D eigenvalue weighted by molar-refractivity contribution is 5.89. The van der Waals surface area contributed by atoms with Gasteiger partial charge >= 0.3 is 0 Å². The highest BCUT2D eigenvalue weighted by Crippen LogP contribution is 2.39. The molecule has 1 aliphatic heterocycles. The molecule has 0 radical (unpaired) electrons. The molecular weight excluding hydrogens is 308 g/mol. The minimum atomic E-state index is 0.613. The number of hydrogen-bond acceptors (Lipinski definition) is 3. The van der Waals surface area contributed by atoms with E-state index in [4.69, 9.17) is 10.5 Å². The van der Waals surface area contributed by atoms with Crippen LogP contribution in [0.25, 0.3) is 10.8 Å². The first-order chi connectivity index (χ1) is 12.3. The second-order valence-corrected chi connectivity index (χ2v) is 7.17. The van der Waals surface area contributed by atoms with Gasteiger partial charge in [-0.25, -0.2) is 0 Å². The van der Waals surface area contributed by atoms with Gasteiger partial charge in [0.1, 0.15) is 5.75 Å². The van der Waals surface area contributed by atoms with Crippen molar-refractivity contribution in [3.05, 3.63) is 42.0 Å². The van der Waals surface area contributed by atoms with Crippen molar-refractivity contribution in [2.75, 3.05) is 32.8 Å². The summed E-state index contributed by atoms with van der Waals surface area (Å²) in [5.41, 5.74) is 7.02. The summed E-state index contributed by atoms with van der Waals surface area (Å²) in [4.78, 5) is 2.60. The highest BCUT2D eigenvalue weighted by atomic mass is 16.5. The molecule has 1 saturated heterocycles. The van der Waals surface area contributed by atoms with Crippen molar-refractivity contribution < 1.29 is 4.74 Å². The van der Waals surface area contributed by atoms with Gasteiger partial charge in [0, 0.05) is 5.39 Å². The first kappa shape index (κ1) is 18.2. The van der Waals surface area contributed by atoms with Crippen LogP contribution in [0.15, 0.2) is 36.4 Å². The smallest absolute Gasteiger partial charge is 0.130 e. The van der Waals surface area contributed by atoms with Crippen molar-refractivity contribution >= 4 is 10.8 Å². The topological polar surface area (TPSA) is 38.5 Å². The van der Waals surface area contributed by atoms with Crippen molar-refractivity contribution in [1.29, 1.82) is 0 Å². The van der Waals surface area contributed by atoms with Gasteiger partial charge in [-0.2, -0.15) is 0 Å². The Labute approximate surface area is 152 Å². The zero-order valence-electron chi connectivity index (χ0n) is 15.5. The van der Waals surface area contributed by atoms with Crippen LogP contribution in [-0.2, 0) is 0 Å². The molecule has 2 N–H and O–H groups in total. The van der Waals surface area contributed by atoms with E-state index in [1.165, 1.54) is 55.2 Å². The molecule has 0 unspecified atom stereocenters. The third kappa shape index (κ3) is 4.53. The quantitative estimate of drug-likeness (QED) is 0.717. The summed E-state index contributed by atoms with van der Waals surface area (Å²) in [6.07, 6.45) is 5.86. The third-order valence-corrected chi connectivity index (χ3v) is 5.32. The maximum absolute atomic E-state index is 6.23. The highest BCUT2D eigenvalue weighted by Gasteiger charge is 2.24. The van der Waals surface area contributed by atoms with E-state index in [-0.39, 0.29) is 0 Å². The molecule has 3 heteroatoms. The molecule has 0 amide bonds. The molecule has 136 valence electrons. The van der Waals surface area contributed by atoms with Crippen LogP contribution in [0.2, 0.25) is 0 Å². The summed E-state index contributed by atoms with van der Waals surface area (Å²) in [5.74, 6) is 1.74. The summed E-state index contributed by atoms with van der Waals surface area (Å²) in [5, 5.41) is 2.54. The van der Waals surface area contributed by atoms with Crippen LogP contribution in [0.5, 0.6) is 5.75 Å². The van der Waals surface area contributed by atoms with E-state index < -0.39 is 0 Å². The van der Waals surface area contributed by atoms with E-state index >= 15 is 0 Å². The number of nitrogens with zero attached hydrogens (tertiary/aromatic N) is 1. The molecule has 25 heavy (non-hydrogen) atoms. The van der Waals surface area contributed by atoms with E-state index in [0.717, 1.165) is 31.7 Å². The number of piperidine rings is 1. The van der Waals surface area contributed by atoms with Crippen LogP contribution < -0.4 is 10.5 Å². The number of ether oxygens (including phenoxy) is 1. The molecule has 0 aliphatic carbocycles. The SMILES string of the molecule is CCCOc1c(C2CCN(CCCCN)CC2)ccc2ccccc12. The molecule has 2 aromatic carbocycles. The zero-order chi connectivity index (χ0) is 17.5. The monoisotopic (exact) mass is 340 g/mol. The number of hydrogen-bond donors (Lipinski definition) is 1. The summed E-state index contributed by atoms with van der Waals surface area (Å²) in [6.45, 7) is 7.35. The van der Waals surface area contributed by atoms with Gasteiger partial charge in [-0.1, -0.05) is 43.3 Å². The molecule has 1 heterocycles. The number of fused-ring (bicyclic) bond motifs is 1. The second kappa shape index (κ2) is 9.21. The lowest BCUT2D eigenvalue weighted by Crippen LogP contribution is -2.34. The Bertz CT molecular complexity index is 662. The lowest BCUT2D eigenvalue weighted by Gasteiger charge is -2.33. The predicted molar refractivity (Wildman–Crippen MR) is 106 cm³/mol. The van der Waals surface area contributed by atoms with Crippen LogP contribution in [0.4, 0.5) is 0 Å². The van der Waals surface area contributed by atoms with Crippen LogP contribution >= 0.6 is 0 Å². The maximum Gasteiger partial charge on any atom is 0.130 e. The van der Waals surface area contributed by atoms with Crippen LogP contribution in [-0.4, -0.2) is 37.7 Å². The number of unbranched alkanes of at least 4 members (excludes halogenated alkanes) is 1. The second-order valence-electron chi connectivity index (χ2n) is 7.17. The van der Waals surface area contributed by atoms with E-state index in [1.807, 2.05) is 0 Å². The van der Waals surface area contributed by atoms with Crippen molar-refractivity contribution in [2.24, 2.45) is 5.73 Å². The van der Waals surface area contributed by atoms with Gasteiger partial charge in [0.05, 0.1) is 6.61 Å². The average Bonchev–Trinajstić information content (AvgIpc) is 2.67. The summed E-state index contributed by atoms with van der Waals surface area (Å²) in [7, 11) is 0. The Balaban J connectivity index is 1.74. The third-order valence-electron chi connectivity index (χ3n) is 5.32. The standard InChI is InChI=1S/C22H32N2O/c1-2-17-25-22-20-8-4-3-7-18(20)9-10-21(22)19-11-15-24(16-12-19)14-6-5-13-23/h3-4,7-10,19H,2,5-6,11-17,23H2,1H3. The lowest BCUT2D eigenvalue weighted by atomic mass is 9.87. The first-order valence-electron chi connectivity index (χ1n) is 9.90. The number of likely N-dealkylation sites (tertiary alicyclic amines) is 1. The van der Waals surface area contributed by atoms with Crippen molar-refractivity contribution in [2.45, 2.75) is 44.9 Å². The van der Waals surface area contributed by atoms with E-state index in [9.17, 15) is 0 Å². The molecule has 0 saturated carbocycles. The summed E-state index contributed by atoms with van der Waals surface area (Å²) in [6, 6.07) is 13.2. The largest absolute Gasteiger partial charge is 0.493 e. The molecule has 0 aromatic heterocycles. The minimum absolute atomic E-state index is 0.613. The molecule has 0 spiro atoms. The van der Waals surface area contributed by atoms with Gasteiger partial charge in [-0.3, -0.25) is 0 Å². The van der Waals surface area contributed by atoms with Crippen molar-refractivity contribution in [3.8, 4) is 5.75 Å². The molecular formula is C22H32N2O. The number of benzene rings is 2. The maximum atomic E-state index is 6.23. The normalized spacial score (nSPS) is 16.4. The average molecular weight is 341 g/mol. The molecule has 3 rings (SSSR count). The van der Waals surface area contributed by atoms with E-state index in [2.05, 4.69) is 48.2 Å². The van der Waals surface area contributed by atoms with E-state index in [1.54, 1.807) is 0 Å². The fourth-order valence-electron chi connectivity index (χ4n) is 3.89. The Morgan fingerprint density at radius 1 is 1.08 bits per heavy atom. The first-order valence-corrected chi connectivity index (χ1v) is 9.90. The summed E-state index contributed by atoms with van der Waals surface area (Å²) < 4.78 is 6.23. The Morgan fingerprint density at radius 2 is 1.88 bits per heavy atom. The van der Waals surface area contributed by atoms with Gasteiger partial charge in [0.25, 0.3) is 0 Å². The Morgan fingerprint density at radius 3 is 2.64 bits per heavy atom. The molecule has 1 aliphatic rings. The predicted octanol–water partition coefficient (Wildman–Crippen LogP) is 4.55. The number of rotatable bonds is 8. The zero-order valence-corrected chi connectivity index (χ0v) is 15.5. The van der Waals surface area contributed by atoms with Crippen LogP contribution in [0, 0.1) is 0 Å². The van der Waals surface area contributed by atoms with Crippen LogP contribution in [0.3, 0.4) is 0 Å². The van der Waals surface area contributed by atoms with Gasteiger partial charge in [-0.15, -0.1) is 0 Å². The molecule has 0 bridgehead atoms. The molecule has 1 fully saturated rings. The fraction of sp³-hybridized carbons (Fsp3) is 0.545. The molecule has 0 atom stereocenters. The van der Waals surface area contributed by atoms with E-state index in [0.29, 0.717) is 5.92 Å². The van der Waals surface area contributed by atoms with Crippen molar-refractivity contribution in [3.63, 3.8) is 0 Å². The lowest BCUT2D eigenvalue weighted by molar-refractivity contribution is 0.207. The van der Waals surface area contributed by atoms with Crippen LogP contribution in [0.1, 0.15) is 50.5 Å². The fourth-order valence-corrected chi connectivity index (χ4v) is 3.89. The molecule has 2 aromatic rings. The Hall–Kier alpha value is -1.58.